The Hall–Kier alpha value is -3.71. The molecule has 0 saturated carbocycles. The normalized spacial score (nSPS) is 17.7. The SMILES string of the molecule is CCN1NC(c2ccc(-c3ccc(C)cn3)cc2)=NC1Nc1ccc2c(c1)CNC2=O. The fourth-order valence-electron chi connectivity index (χ4n) is 3.83. The van der Waals surface area contributed by atoms with Crippen LogP contribution in [0.2, 0.25) is 0 Å². The number of hydrogen-bond acceptors (Lipinski definition) is 6. The minimum Gasteiger partial charge on any atom is -0.350 e. The van der Waals surface area contributed by atoms with Gasteiger partial charge in [0.1, 0.15) is 5.84 Å². The number of anilines is 1. The van der Waals surface area contributed by atoms with Gasteiger partial charge in [-0.05, 0) is 42.3 Å². The Morgan fingerprint density at radius 1 is 1.10 bits per heavy atom. The molecule has 156 valence electrons. The largest absolute Gasteiger partial charge is 0.350 e. The smallest absolute Gasteiger partial charge is 0.251 e. The number of aryl methyl sites for hydroxylation is 1. The summed E-state index contributed by atoms with van der Waals surface area (Å²) in [6.07, 6.45) is 1.65. The van der Waals surface area contributed by atoms with E-state index in [1.54, 1.807) is 0 Å². The van der Waals surface area contributed by atoms with E-state index in [2.05, 4.69) is 58.3 Å². The monoisotopic (exact) mass is 412 g/mol. The molecule has 0 radical (unpaired) electrons. The van der Waals surface area contributed by atoms with Crippen LogP contribution in [-0.2, 0) is 6.54 Å². The van der Waals surface area contributed by atoms with Gasteiger partial charge < -0.3 is 10.6 Å². The number of carbonyl (C=O) groups excluding carboxylic acids is 1. The van der Waals surface area contributed by atoms with E-state index in [9.17, 15) is 4.79 Å². The summed E-state index contributed by atoms with van der Waals surface area (Å²) < 4.78 is 0. The zero-order valence-electron chi connectivity index (χ0n) is 17.5. The van der Waals surface area contributed by atoms with Gasteiger partial charge >= 0.3 is 0 Å². The lowest BCUT2D eigenvalue weighted by Gasteiger charge is -2.23. The topological polar surface area (TPSA) is 81.7 Å². The van der Waals surface area contributed by atoms with Crippen molar-refractivity contribution in [1.82, 2.24) is 20.7 Å². The molecule has 1 atom stereocenters. The van der Waals surface area contributed by atoms with Crippen molar-refractivity contribution in [1.29, 1.82) is 0 Å². The number of fused-ring (bicyclic) bond motifs is 1. The van der Waals surface area contributed by atoms with Crippen LogP contribution in [0, 0.1) is 6.92 Å². The summed E-state index contributed by atoms with van der Waals surface area (Å²) in [5, 5.41) is 8.35. The van der Waals surface area contributed by atoms with E-state index in [1.807, 2.05) is 42.4 Å². The van der Waals surface area contributed by atoms with Crippen LogP contribution in [0.4, 0.5) is 5.69 Å². The van der Waals surface area contributed by atoms with Gasteiger partial charge in [-0.2, -0.15) is 5.01 Å². The number of amides is 1. The lowest BCUT2D eigenvalue weighted by molar-refractivity contribution is 0.0966. The number of aromatic nitrogens is 1. The summed E-state index contributed by atoms with van der Waals surface area (Å²) in [5.41, 5.74) is 10.3. The van der Waals surface area contributed by atoms with Crippen molar-refractivity contribution in [3.05, 3.63) is 83.0 Å². The Morgan fingerprint density at radius 2 is 1.90 bits per heavy atom. The molecular weight excluding hydrogens is 388 g/mol. The molecule has 3 heterocycles. The van der Waals surface area contributed by atoms with Crippen LogP contribution in [0.3, 0.4) is 0 Å². The Labute approximate surface area is 181 Å². The van der Waals surface area contributed by atoms with Gasteiger partial charge in [-0.15, -0.1) is 0 Å². The Morgan fingerprint density at radius 3 is 2.65 bits per heavy atom. The molecule has 5 rings (SSSR count). The third kappa shape index (κ3) is 3.75. The number of nitrogens with one attached hydrogen (secondary N) is 3. The molecule has 7 heteroatoms. The van der Waals surface area contributed by atoms with Crippen LogP contribution in [0.1, 0.15) is 34.0 Å². The van der Waals surface area contributed by atoms with Gasteiger partial charge in [0.2, 0.25) is 0 Å². The standard InChI is InChI=1S/C24H24N6O/c1-3-30-24(27-19-9-10-20-18(12-19)14-26-23(20)31)28-22(29-30)17-7-5-16(6-8-17)21-11-4-15(2)13-25-21/h4-13,24,27H,3,14H2,1-2H3,(H,26,31)(H,28,29). The summed E-state index contributed by atoms with van der Waals surface area (Å²) in [6, 6.07) is 18.2. The molecule has 0 spiro atoms. The Kier molecular flexibility index (Phi) is 4.88. The summed E-state index contributed by atoms with van der Waals surface area (Å²) in [6.45, 7) is 5.46. The summed E-state index contributed by atoms with van der Waals surface area (Å²) in [5.74, 6) is 0.810. The van der Waals surface area contributed by atoms with Crippen molar-refractivity contribution in [2.75, 3.05) is 11.9 Å². The predicted molar refractivity (Wildman–Crippen MR) is 121 cm³/mol. The van der Waals surface area contributed by atoms with Gasteiger partial charge in [0.15, 0.2) is 6.29 Å². The molecule has 3 aromatic rings. The number of hydrazine groups is 1. The highest BCUT2D eigenvalue weighted by molar-refractivity contribution is 6.00. The van der Waals surface area contributed by atoms with Crippen molar-refractivity contribution in [2.45, 2.75) is 26.7 Å². The minimum absolute atomic E-state index is 0.0103. The van der Waals surface area contributed by atoms with E-state index in [0.717, 1.165) is 51.6 Å². The zero-order chi connectivity index (χ0) is 21.4. The van der Waals surface area contributed by atoms with Crippen molar-refractivity contribution < 1.29 is 4.79 Å². The third-order valence-electron chi connectivity index (χ3n) is 5.59. The molecule has 2 aliphatic heterocycles. The van der Waals surface area contributed by atoms with E-state index >= 15 is 0 Å². The van der Waals surface area contributed by atoms with Crippen molar-refractivity contribution in [3.63, 3.8) is 0 Å². The minimum atomic E-state index is -0.235. The van der Waals surface area contributed by atoms with Crippen molar-refractivity contribution in [3.8, 4) is 11.3 Å². The summed E-state index contributed by atoms with van der Waals surface area (Å²) in [7, 11) is 0. The fourth-order valence-corrected chi connectivity index (χ4v) is 3.83. The van der Waals surface area contributed by atoms with Crippen LogP contribution in [0.25, 0.3) is 11.3 Å². The van der Waals surface area contributed by atoms with Gasteiger partial charge in [0.05, 0.1) is 5.69 Å². The molecular formula is C24H24N6O. The second-order valence-electron chi connectivity index (χ2n) is 7.75. The van der Waals surface area contributed by atoms with Crippen LogP contribution in [0.15, 0.2) is 65.8 Å². The van der Waals surface area contributed by atoms with Crippen LogP contribution in [0.5, 0.6) is 0 Å². The van der Waals surface area contributed by atoms with E-state index < -0.39 is 0 Å². The summed E-state index contributed by atoms with van der Waals surface area (Å²) in [4.78, 5) is 21.1. The van der Waals surface area contributed by atoms with Crippen LogP contribution in [-0.4, -0.2) is 34.6 Å². The Bertz CT molecular complexity index is 1150. The average Bonchev–Trinajstić information content (AvgIpc) is 3.37. The van der Waals surface area contributed by atoms with E-state index in [-0.39, 0.29) is 12.2 Å². The lowest BCUT2D eigenvalue weighted by Crippen LogP contribution is -2.44. The first-order valence-corrected chi connectivity index (χ1v) is 10.4. The first-order chi connectivity index (χ1) is 15.1. The van der Waals surface area contributed by atoms with Gasteiger partial charge in [0.25, 0.3) is 5.91 Å². The molecule has 7 nitrogen and oxygen atoms in total. The number of benzene rings is 2. The molecule has 0 aliphatic carbocycles. The predicted octanol–water partition coefficient (Wildman–Crippen LogP) is 3.28. The molecule has 0 bridgehead atoms. The number of amidine groups is 1. The molecule has 2 aliphatic rings. The second-order valence-corrected chi connectivity index (χ2v) is 7.75. The number of carbonyl (C=O) groups is 1. The van der Waals surface area contributed by atoms with E-state index in [0.29, 0.717) is 6.54 Å². The second kappa shape index (κ2) is 7.85. The quantitative estimate of drug-likeness (QED) is 0.599. The molecule has 0 saturated heterocycles. The highest BCUT2D eigenvalue weighted by atomic mass is 16.1. The number of pyridine rings is 1. The van der Waals surface area contributed by atoms with Crippen LogP contribution >= 0.6 is 0 Å². The van der Waals surface area contributed by atoms with Gasteiger partial charge in [-0.1, -0.05) is 37.3 Å². The number of hydrogen-bond donors (Lipinski definition) is 3. The molecule has 2 aromatic carbocycles. The van der Waals surface area contributed by atoms with E-state index in [1.165, 1.54) is 0 Å². The van der Waals surface area contributed by atoms with Crippen molar-refractivity contribution in [2.24, 2.45) is 4.99 Å². The van der Waals surface area contributed by atoms with Crippen molar-refractivity contribution >= 4 is 17.4 Å². The lowest BCUT2D eigenvalue weighted by atomic mass is 10.1. The van der Waals surface area contributed by atoms with E-state index in [4.69, 9.17) is 4.99 Å². The molecule has 1 unspecified atom stereocenters. The summed E-state index contributed by atoms with van der Waals surface area (Å²) >= 11 is 0. The molecule has 1 amide bonds. The first-order valence-electron chi connectivity index (χ1n) is 10.4. The average molecular weight is 412 g/mol. The maximum atomic E-state index is 11.8. The highest BCUT2D eigenvalue weighted by Crippen LogP contribution is 2.23. The van der Waals surface area contributed by atoms with Crippen LogP contribution < -0.4 is 16.1 Å². The number of rotatable bonds is 5. The molecule has 3 N–H and O–H groups in total. The highest BCUT2D eigenvalue weighted by Gasteiger charge is 2.26. The molecule has 31 heavy (non-hydrogen) atoms. The van der Waals surface area contributed by atoms with Gasteiger partial charge in [-0.3, -0.25) is 15.2 Å². The zero-order valence-corrected chi connectivity index (χ0v) is 17.5. The number of nitrogens with zero attached hydrogens (tertiary/aromatic N) is 3. The maximum absolute atomic E-state index is 11.8. The molecule has 0 fully saturated rings. The third-order valence-corrected chi connectivity index (χ3v) is 5.59. The molecule has 1 aromatic heterocycles. The fraction of sp³-hybridized carbons (Fsp3) is 0.208. The number of aliphatic imine (C=N–C) groups is 1. The van der Waals surface area contributed by atoms with Gasteiger partial charge in [-0.25, -0.2) is 4.99 Å². The maximum Gasteiger partial charge on any atom is 0.251 e. The Balaban J connectivity index is 1.35. The van der Waals surface area contributed by atoms with Gasteiger partial charge in [0, 0.05) is 41.7 Å². The first kappa shape index (κ1) is 19.3.